The second-order valence-electron chi connectivity index (χ2n) is 3.29. The molecule has 0 aliphatic carbocycles. The summed E-state index contributed by atoms with van der Waals surface area (Å²) in [6.45, 7) is 0. The first kappa shape index (κ1) is 16.0. The molecular formula is C8H8N2O8S2. The van der Waals surface area contributed by atoms with Gasteiger partial charge in [-0.1, -0.05) is 0 Å². The van der Waals surface area contributed by atoms with Crippen molar-refractivity contribution < 1.29 is 35.5 Å². The molecule has 0 aromatic carbocycles. The Labute approximate surface area is 113 Å². The minimum absolute atomic E-state index is 0.472. The van der Waals surface area contributed by atoms with Gasteiger partial charge in [0.2, 0.25) is 5.78 Å². The number of ketones is 1. The third-order valence-electron chi connectivity index (χ3n) is 1.88. The number of hydrogen-bond acceptors (Lipinski definition) is 6. The summed E-state index contributed by atoms with van der Waals surface area (Å²) in [6.07, 6.45) is 3.49. The molecule has 0 saturated carbocycles. The Morgan fingerprint density at radius 3 is 1.85 bits per heavy atom. The maximum atomic E-state index is 10.5. The number of H-pyrrole nitrogens is 1. The number of carbonyl (C=O) groups excluding carboxylic acids is 2. The first-order valence-electron chi connectivity index (χ1n) is 4.67. The maximum absolute atomic E-state index is 10.5. The van der Waals surface area contributed by atoms with Gasteiger partial charge in [0.15, 0.2) is 5.03 Å². The maximum Gasteiger partial charge on any atom is 0.311 e. The van der Waals surface area contributed by atoms with Crippen LogP contribution in [0.25, 0.3) is 0 Å². The molecule has 10 nitrogen and oxygen atoms in total. The van der Waals surface area contributed by atoms with Gasteiger partial charge < -0.3 is 10.3 Å². The first-order valence-corrected chi connectivity index (χ1v) is 7.55. The van der Waals surface area contributed by atoms with Crippen LogP contribution in [0.5, 0.6) is 0 Å². The predicted octanol–water partition coefficient (Wildman–Crippen LogP) is -1.29. The average Bonchev–Trinajstić information content (AvgIpc) is 2.88. The van der Waals surface area contributed by atoms with Crippen LogP contribution >= 0.6 is 0 Å². The molecule has 1 amide bonds. The van der Waals surface area contributed by atoms with Gasteiger partial charge in [0.25, 0.3) is 16.0 Å². The third-order valence-corrected chi connectivity index (χ3v) is 3.76. The van der Waals surface area contributed by atoms with Crippen molar-refractivity contribution in [1.29, 1.82) is 0 Å². The monoisotopic (exact) mass is 324 g/mol. The van der Waals surface area contributed by atoms with Crippen LogP contribution in [-0.4, -0.2) is 42.6 Å². The number of aromatic nitrogens is 1. The summed E-state index contributed by atoms with van der Waals surface area (Å²) in [5.41, 5.74) is 0. The summed E-state index contributed by atoms with van der Waals surface area (Å²) in [5, 5.41) is 1.25. The number of nitrogens with one attached hydrogen (secondary N) is 2. The van der Waals surface area contributed by atoms with Crippen molar-refractivity contribution in [2.24, 2.45) is 0 Å². The molecule has 20 heavy (non-hydrogen) atoms. The van der Waals surface area contributed by atoms with E-state index in [1.165, 1.54) is 12.3 Å². The van der Waals surface area contributed by atoms with E-state index in [1.54, 1.807) is 0 Å². The number of hydrogen-bond donors (Lipinski definition) is 4. The summed E-state index contributed by atoms with van der Waals surface area (Å²) in [5.74, 6) is -1.01. The molecule has 2 heterocycles. The topological polar surface area (TPSA) is 171 Å². The molecule has 4 N–H and O–H groups in total. The largest absolute Gasteiger partial charge is 0.349 e. The minimum Gasteiger partial charge on any atom is -0.349 e. The van der Waals surface area contributed by atoms with E-state index in [9.17, 15) is 26.4 Å². The highest BCUT2D eigenvalue weighted by Crippen LogP contribution is 2.17. The number of aromatic amines is 1. The summed E-state index contributed by atoms with van der Waals surface area (Å²) in [6, 6.07) is 0.818. The normalized spacial score (nSPS) is 14.7. The fourth-order valence-electron chi connectivity index (χ4n) is 1.08. The Kier molecular flexibility index (Phi) is 4.44. The number of rotatable bonds is 2. The molecule has 0 saturated heterocycles. The molecule has 1 aliphatic rings. The highest BCUT2D eigenvalue weighted by Gasteiger charge is 2.24. The fourth-order valence-corrected chi connectivity index (χ4v) is 2.79. The zero-order valence-electron chi connectivity index (χ0n) is 9.47. The van der Waals surface area contributed by atoms with Crippen LogP contribution in [0, 0.1) is 0 Å². The Morgan fingerprint density at radius 2 is 1.60 bits per heavy atom. The zero-order chi connectivity index (χ0) is 15.6. The van der Waals surface area contributed by atoms with Crippen LogP contribution in [-0.2, 0) is 29.8 Å². The quantitative estimate of drug-likeness (QED) is 0.384. The van der Waals surface area contributed by atoms with Crippen LogP contribution < -0.4 is 5.32 Å². The smallest absolute Gasteiger partial charge is 0.311 e. The molecule has 0 unspecified atom stereocenters. The van der Waals surface area contributed by atoms with Crippen LogP contribution in [0.3, 0.4) is 0 Å². The summed E-state index contributed by atoms with van der Waals surface area (Å²) >= 11 is 0. The molecule has 12 heteroatoms. The number of carbonyl (C=O) groups is 2. The lowest BCUT2D eigenvalue weighted by molar-refractivity contribution is -0.133. The van der Waals surface area contributed by atoms with Crippen molar-refractivity contribution in [2.45, 2.75) is 9.92 Å². The highest BCUT2D eigenvalue weighted by molar-refractivity contribution is 7.89. The van der Waals surface area contributed by atoms with Gasteiger partial charge in [0.05, 0.1) is 0 Å². The molecular weight excluding hydrogens is 316 g/mol. The van der Waals surface area contributed by atoms with E-state index in [4.69, 9.17) is 9.11 Å². The van der Waals surface area contributed by atoms with E-state index >= 15 is 0 Å². The van der Waals surface area contributed by atoms with Crippen molar-refractivity contribution in [1.82, 2.24) is 10.3 Å². The van der Waals surface area contributed by atoms with E-state index in [1.807, 2.05) is 4.98 Å². The Hall–Kier alpha value is -2.02. The van der Waals surface area contributed by atoms with E-state index in [0.717, 1.165) is 12.3 Å². The van der Waals surface area contributed by atoms with Crippen LogP contribution in [0.15, 0.2) is 34.5 Å². The van der Waals surface area contributed by atoms with E-state index in [2.05, 4.69) is 5.32 Å². The predicted molar refractivity (Wildman–Crippen MR) is 62.7 cm³/mol. The Balaban J connectivity index is 0.000000240. The van der Waals surface area contributed by atoms with Gasteiger partial charge in [-0.15, -0.1) is 0 Å². The van der Waals surface area contributed by atoms with Crippen molar-refractivity contribution in [2.75, 3.05) is 0 Å². The van der Waals surface area contributed by atoms with Gasteiger partial charge >= 0.3 is 10.1 Å². The molecule has 0 bridgehead atoms. The van der Waals surface area contributed by atoms with Crippen LogP contribution in [0.4, 0.5) is 0 Å². The lowest BCUT2D eigenvalue weighted by atomic mass is 10.4. The molecule has 110 valence electrons. The average molecular weight is 324 g/mol. The third kappa shape index (κ3) is 3.99. The van der Waals surface area contributed by atoms with Crippen molar-refractivity contribution in [3.05, 3.63) is 24.5 Å². The van der Waals surface area contributed by atoms with Crippen molar-refractivity contribution >= 4 is 31.9 Å². The van der Waals surface area contributed by atoms with E-state index < -0.39 is 41.8 Å². The van der Waals surface area contributed by atoms with Gasteiger partial charge in [-0.25, -0.2) is 0 Å². The lowest BCUT2D eigenvalue weighted by Gasteiger charge is -1.95. The minimum atomic E-state index is -4.67. The van der Waals surface area contributed by atoms with E-state index in [0.29, 0.717) is 0 Å². The fraction of sp³-hybridized carbons (Fsp3) is 0. The highest BCUT2D eigenvalue weighted by atomic mass is 32.2. The Bertz CT molecular complexity index is 725. The SMILES string of the molecule is O=C1C=CNC1=O.O=S(=O)(O)c1cc[nH]c1S(=O)(=O)O. The van der Waals surface area contributed by atoms with Gasteiger partial charge in [0, 0.05) is 18.5 Å². The summed E-state index contributed by atoms with van der Waals surface area (Å²) in [4.78, 5) is 21.2. The lowest BCUT2D eigenvalue weighted by Crippen LogP contribution is -2.17. The second-order valence-corrected chi connectivity index (χ2v) is 6.04. The van der Waals surface area contributed by atoms with E-state index in [-0.39, 0.29) is 0 Å². The molecule has 0 fully saturated rings. The number of amides is 1. The molecule has 0 radical (unpaired) electrons. The standard InChI is InChI=1S/C4H5NO6S2.C4H3NO2/c6-12(7,8)3-1-2-5-4(3)13(9,10)11;6-3-1-2-5-4(3)7/h1-2,5H,(H,6,7,8)(H,9,10,11);1-2H,(H,5,6,7). The summed E-state index contributed by atoms with van der Waals surface area (Å²) < 4.78 is 59.0. The van der Waals surface area contributed by atoms with Crippen molar-refractivity contribution in [3.8, 4) is 0 Å². The first-order chi connectivity index (χ1) is 9.03. The molecule has 1 aromatic heterocycles. The molecule has 0 spiro atoms. The molecule has 1 aliphatic heterocycles. The van der Waals surface area contributed by atoms with Crippen molar-refractivity contribution in [3.63, 3.8) is 0 Å². The van der Waals surface area contributed by atoms with Gasteiger partial charge in [0.1, 0.15) is 4.90 Å². The Morgan fingerprint density at radius 1 is 1.00 bits per heavy atom. The molecule has 1 aromatic rings. The second kappa shape index (κ2) is 5.54. The molecule has 2 rings (SSSR count). The van der Waals surface area contributed by atoms with Gasteiger partial charge in [-0.05, 0) is 6.07 Å². The summed E-state index contributed by atoms with van der Waals surface area (Å²) in [7, 11) is -9.31. The van der Waals surface area contributed by atoms with Gasteiger partial charge in [-0.2, -0.15) is 16.8 Å². The van der Waals surface area contributed by atoms with Crippen LogP contribution in [0.1, 0.15) is 0 Å². The van der Waals surface area contributed by atoms with Crippen LogP contribution in [0.2, 0.25) is 0 Å². The van der Waals surface area contributed by atoms with Gasteiger partial charge in [-0.3, -0.25) is 18.7 Å². The molecule has 0 atom stereocenters. The zero-order valence-corrected chi connectivity index (χ0v) is 11.1.